The lowest BCUT2D eigenvalue weighted by Crippen LogP contribution is -2.31. The second-order valence-electron chi connectivity index (χ2n) is 13.2. The maximum atomic E-state index is 16.7. The monoisotopic (exact) mass is 636 g/mol. The Kier molecular flexibility index (Phi) is 6.70. The molecule has 0 aliphatic carbocycles. The summed E-state index contributed by atoms with van der Waals surface area (Å²) in [7, 11) is 0. The Morgan fingerprint density at radius 2 is 1.31 bits per heavy atom. The van der Waals surface area contributed by atoms with Crippen molar-refractivity contribution in [3.8, 4) is 16.9 Å². The molecular weight excluding hydrogens is 604 g/mol. The number of hydrogen-bond donors (Lipinski definition) is 0. The first-order valence-corrected chi connectivity index (χ1v) is 16.6. The van der Waals surface area contributed by atoms with Crippen molar-refractivity contribution in [1.82, 2.24) is 14.5 Å². The van der Waals surface area contributed by atoms with E-state index in [4.69, 9.17) is 4.98 Å². The van der Waals surface area contributed by atoms with Crippen molar-refractivity contribution in [1.29, 1.82) is 0 Å². The van der Waals surface area contributed by atoms with Crippen LogP contribution in [0.2, 0.25) is 0 Å². The summed E-state index contributed by atoms with van der Waals surface area (Å²) >= 11 is 0. The zero-order valence-electron chi connectivity index (χ0n) is 27.3. The number of fused-ring (bicyclic) bond motifs is 5. The van der Waals surface area contributed by atoms with Crippen LogP contribution in [-0.4, -0.2) is 14.5 Å². The van der Waals surface area contributed by atoms with E-state index in [0.717, 1.165) is 50.7 Å². The summed E-state index contributed by atoms with van der Waals surface area (Å²) in [4.78, 5) is 11.5. The van der Waals surface area contributed by atoms with Crippen LogP contribution in [0.1, 0.15) is 42.3 Å². The number of benzene rings is 5. The van der Waals surface area contributed by atoms with Crippen LogP contribution in [-0.2, 0) is 5.41 Å². The van der Waals surface area contributed by atoms with Crippen LogP contribution in [0.3, 0.4) is 0 Å². The first kappa shape index (κ1) is 29.1. The van der Waals surface area contributed by atoms with Gasteiger partial charge in [0.2, 0.25) is 0 Å². The van der Waals surface area contributed by atoms with E-state index in [0.29, 0.717) is 11.1 Å². The third kappa shape index (κ3) is 4.65. The summed E-state index contributed by atoms with van der Waals surface area (Å²) in [5.74, 6) is 0.784. The molecule has 0 radical (unpaired) electrons. The highest BCUT2D eigenvalue weighted by Crippen LogP contribution is 2.54. The van der Waals surface area contributed by atoms with Crippen molar-refractivity contribution < 1.29 is 4.39 Å². The lowest BCUT2D eigenvalue weighted by atomic mass is 9.72. The maximum Gasteiger partial charge on any atom is 0.150 e. The Balaban J connectivity index is 1.26. The van der Waals surface area contributed by atoms with E-state index < -0.39 is 6.17 Å². The average Bonchev–Trinajstić information content (AvgIpc) is 3.48. The van der Waals surface area contributed by atoms with Crippen LogP contribution in [0.15, 0.2) is 158 Å². The predicted octanol–water partition coefficient (Wildman–Crippen LogP) is 11.4. The number of rotatable bonds is 5. The number of pyridine rings is 2. The summed E-state index contributed by atoms with van der Waals surface area (Å²) in [6.07, 6.45) is 2.25. The average molecular weight is 637 g/mol. The maximum absolute atomic E-state index is 16.7. The third-order valence-corrected chi connectivity index (χ3v) is 9.97. The molecule has 5 heteroatoms. The number of anilines is 3. The summed E-state index contributed by atoms with van der Waals surface area (Å²) in [6, 6.07) is 49.2. The number of aromatic nitrogens is 3. The van der Waals surface area contributed by atoms with Crippen LogP contribution in [0.25, 0.3) is 38.8 Å². The largest absolute Gasteiger partial charge is 0.309 e. The summed E-state index contributed by atoms with van der Waals surface area (Å²) in [5.41, 5.74) is 10.2. The van der Waals surface area contributed by atoms with Crippen LogP contribution in [0.5, 0.6) is 0 Å². The molecule has 0 fully saturated rings. The molecule has 0 N–H and O–H groups in total. The highest BCUT2D eigenvalue weighted by molar-refractivity contribution is 6.11. The van der Waals surface area contributed by atoms with Gasteiger partial charge in [-0.3, -0.25) is 9.88 Å². The quantitative estimate of drug-likeness (QED) is 0.188. The molecular formula is C44H33FN4. The molecule has 8 aromatic rings. The predicted molar refractivity (Wildman–Crippen MR) is 198 cm³/mol. The molecule has 3 aromatic heterocycles. The van der Waals surface area contributed by atoms with E-state index in [-0.39, 0.29) is 5.41 Å². The standard InChI is InChI=1S/C44H33FN4/c1-44(2)35-22-21-31(43(45)30-14-12-13-29(25-30)37-18-8-10-23-46-37)26-40(35)49(42-20-9-11-24-47-42)41-28-39-34(27-36(41)44)33-17-6-7-19-38(33)48(39)32-15-4-3-5-16-32/h3-28,43H,1-2H3. The summed E-state index contributed by atoms with van der Waals surface area (Å²) in [6.45, 7) is 4.54. The van der Waals surface area contributed by atoms with E-state index in [1.807, 2.05) is 85.1 Å². The van der Waals surface area contributed by atoms with Gasteiger partial charge >= 0.3 is 0 Å². The van der Waals surface area contributed by atoms with Crippen molar-refractivity contribution in [3.05, 3.63) is 180 Å². The van der Waals surface area contributed by atoms with Gasteiger partial charge in [0.25, 0.3) is 0 Å². The van der Waals surface area contributed by atoms with Crippen molar-refractivity contribution in [2.45, 2.75) is 25.4 Å². The minimum absolute atomic E-state index is 0.372. The topological polar surface area (TPSA) is 34.0 Å². The van der Waals surface area contributed by atoms with Gasteiger partial charge in [-0.2, -0.15) is 0 Å². The molecule has 236 valence electrons. The smallest absolute Gasteiger partial charge is 0.150 e. The van der Waals surface area contributed by atoms with Crippen LogP contribution in [0, 0.1) is 0 Å². The molecule has 1 aliphatic rings. The first-order chi connectivity index (χ1) is 24.0. The lowest BCUT2D eigenvalue weighted by Gasteiger charge is -2.42. The van der Waals surface area contributed by atoms with Gasteiger partial charge in [-0.15, -0.1) is 0 Å². The molecule has 1 unspecified atom stereocenters. The highest BCUT2D eigenvalue weighted by atomic mass is 19.1. The van der Waals surface area contributed by atoms with Crippen molar-refractivity contribution in [3.63, 3.8) is 0 Å². The molecule has 4 heterocycles. The Morgan fingerprint density at radius 1 is 0.571 bits per heavy atom. The summed E-state index contributed by atoms with van der Waals surface area (Å²) in [5, 5.41) is 2.41. The lowest BCUT2D eigenvalue weighted by molar-refractivity contribution is 0.402. The van der Waals surface area contributed by atoms with Crippen molar-refractivity contribution >= 4 is 39.0 Å². The van der Waals surface area contributed by atoms with E-state index in [1.54, 1.807) is 6.20 Å². The van der Waals surface area contributed by atoms with Gasteiger partial charge in [-0.05, 0) is 89.0 Å². The Bertz CT molecular complexity index is 2490. The molecule has 0 saturated carbocycles. The zero-order chi connectivity index (χ0) is 33.1. The number of alkyl halides is 1. The van der Waals surface area contributed by atoms with Gasteiger partial charge in [0.1, 0.15) is 5.82 Å². The van der Waals surface area contributed by atoms with E-state index >= 15 is 4.39 Å². The molecule has 0 saturated heterocycles. The zero-order valence-corrected chi connectivity index (χ0v) is 27.3. The van der Waals surface area contributed by atoms with Crippen molar-refractivity contribution in [2.75, 3.05) is 4.90 Å². The molecule has 5 aromatic carbocycles. The molecule has 0 bridgehead atoms. The van der Waals surface area contributed by atoms with Crippen LogP contribution in [0.4, 0.5) is 21.6 Å². The molecule has 1 atom stereocenters. The second-order valence-corrected chi connectivity index (χ2v) is 13.2. The van der Waals surface area contributed by atoms with Crippen LogP contribution >= 0.6 is 0 Å². The fourth-order valence-electron chi connectivity index (χ4n) is 7.55. The van der Waals surface area contributed by atoms with Crippen LogP contribution < -0.4 is 4.90 Å². The Hall–Kier alpha value is -6.07. The fourth-order valence-corrected chi connectivity index (χ4v) is 7.55. The van der Waals surface area contributed by atoms with Gasteiger partial charge in [0.15, 0.2) is 6.17 Å². The number of hydrogen-bond acceptors (Lipinski definition) is 3. The normalized spacial score (nSPS) is 14.1. The van der Waals surface area contributed by atoms with Gasteiger partial charge in [-0.1, -0.05) is 92.7 Å². The third-order valence-electron chi connectivity index (χ3n) is 9.97. The number of halogens is 1. The minimum atomic E-state index is -1.33. The van der Waals surface area contributed by atoms with E-state index in [1.165, 1.54) is 16.3 Å². The fraction of sp³-hybridized carbons (Fsp3) is 0.0909. The first-order valence-electron chi connectivity index (χ1n) is 16.6. The van der Waals surface area contributed by atoms with Gasteiger partial charge in [0.05, 0.1) is 28.1 Å². The number of nitrogens with zero attached hydrogens (tertiary/aromatic N) is 4. The minimum Gasteiger partial charge on any atom is -0.309 e. The Morgan fingerprint density at radius 3 is 2.10 bits per heavy atom. The van der Waals surface area contributed by atoms with Gasteiger partial charge in [-0.25, -0.2) is 9.37 Å². The summed E-state index contributed by atoms with van der Waals surface area (Å²) < 4.78 is 19.0. The number of para-hydroxylation sites is 2. The molecule has 4 nitrogen and oxygen atoms in total. The molecule has 0 spiro atoms. The molecule has 1 aliphatic heterocycles. The molecule has 9 rings (SSSR count). The van der Waals surface area contributed by atoms with E-state index in [2.05, 4.69) is 95.0 Å². The van der Waals surface area contributed by atoms with Crippen molar-refractivity contribution in [2.24, 2.45) is 0 Å². The Labute approximate surface area is 284 Å². The SMILES string of the molecule is CC1(C)c2ccc(C(F)c3cccc(-c4ccccn4)c3)cc2N(c2ccccn2)c2cc3c(cc21)c1ccccc1n3-c1ccccc1. The highest BCUT2D eigenvalue weighted by Gasteiger charge is 2.39. The van der Waals surface area contributed by atoms with Gasteiger partial charge < -0.3 is 4.57 Å². The second kappa shape index (κ2) is 11.3. The molecule has 49 heavy (non-hydrogen) atoms. The van der Waals surface area contributed by atoms with E-state index in [9.17, 15) is 0 Å². The van der Waals surface area contributed by atoms with Gasteiger partial charge in [0, 0.05) is 39.8 Å². The molecule has 0 amide bonds.